The highest BCUT2D eigenvalue weighted by Crippen LogP contribution is 2.36. The number of nitrogens with two attached hydrogens (primary N) is 2. The van der Waals surface area contributed by atoms with Gasteiger partial charge in [0.15, 0.2) is 5.69 Å². The lowest BCUT2D eigenvalue weighted by atomic mass is 9.93. The Morgan fingerprint density at radius 2 is 1.89 bits per heavy atom. The topological polar surface area (TPSA) is 123 Å². The normalized spacial score (nSPS) is 20.8. The lowest BCUT2D eigenvalue weighted by Gasteiger charge is -2.39. The van der Waals surface area contributed by atoms with Gasteiger partial charge < -0.3 is 31.3 Å². The number of carbonyl (C=O) groups is 1. The number of piperidine rings is 1. The number of benzene rings is 1. The standard InChI is InChI=1S/C25H28F3N7O2/c26-25(27,28)16-10-17(29)14-35(13-16)22-3-4-31-12-21(22)33-24(36)23-19(30)9-15-1-2-18(11-20(15)32-23)34-5-7-37-8-6-34/h1-4,9,11-12,16-17H,5-8,10,13-14,29-30H2,(H,33,36)/t16?,17-/m0/s1. The number of anilines is 4. The molecule has 0 bridgehead atoms. The molecule has 2 fully saturated rings. The lowest BCUT2D eigenvalue weighted by molar-refractivity contribution is -0.177. The third-order valence-electron chi connectivity index (χ3n) is 6.75. The van der Waals surface area contributed by atoms with Crippen molar-refractivity contribution in [3.05, 3.63) is 48.4 Å². The van der Waals surface area contributed by atoms with E-state index in [2.05, 4.69) is 20.2 Å². The Hall–Kier alpha value is -3.64. The van der Waals surface area contributed by atoms with Crippen molar-refractivity contribution in [2.75, 3.05) is 60.2 Å². The van der Waals surface area contributed by atoms with E-state index in [0.717, 1.165) is 24.2 Å². The van der Waals surface area contributed by atoms with Crippen LogP contribution in [0.4, 0.5) is 35.9 Å². The maximum Gasteiger partial charge on any atom is 0.393 e. The van der Waals surface area contributed by atoms with E-state index in [4.69, 9.17) is 16.2 Å². The third-order valence-corrected chi connectivity index (χ3v) is 6.75. The van der Waals surface area contributed by atoms with E-state index < -0.39 is 24.0 Å². The Bertz CT molecular complexity index is 1300. The van der Waals surface area contributed by atoms with Crippen molar-refractivity contribution in [1.82, 2.24) is 9.97 Å². The van der Waals surface area contributed by atoms with Gasteiger partial charge in [-0.3, -0.25) is 9.78 Å². The van der Waals surface area contributed by atoms with E-state index in [1.165, 1.54) is 17.3 Å². The minimum absolute atomic E-state index is 0.0185. The SMILES string of the molecule is Nc1cc2ccc(N3CCOCC3)cc2nc1C(=O)Nc1cnccc1N1CC(C(F)(F)F)C[C@H](N)C1. The first kappa shape index (κ1) is 25.0. The molecule has 2 aliphatic heterocycles. The van der Waals surface area contributed by atoms with Gasteiger partial charge in [0.2, 0.25) is 0 Å². The van der Waals surface area contributed by atoms with Gasteiger partial charge in [-0.2, -0.15) is 13.2 Å². The van der Waals surface area contributed by atoms with Gasteiger partial charge >= 0.3 is 6.18 Å². The molecule has 0 aliphatic carbocycles. The van der Waals surface area contributed by atoms with Crippen LogP contribution in [0.15, 0.2) is 42.7 Å². The number of ether oxygens (including phenoxy) is 1. The molecule has 2 atom stereocenters. The van der Waals surface area contributed by atoms with Gasteiger partial charge in [0.25, 0.3) is 5.91 Å². The molecule has 0 saturated carbocycles. The van der Waals surface area contributed by atoms with Crippen LogP contribution in [-0.2, 0) is 4.74 Å². The van der Waals surface area contributed by atoms with Crippen LogP contribution in [-0.4, -0.2) is 67.5 Å². The van der Waals surface area contributed by atoms with Gasteiger partial charge in [0.05, 0.1) is 47.9 Å². The van der Waals surface area contributed by atoms with Crippen LogP contribution < -0.4 is 26.6 Å². The molecular formula is C25H28F3N7O2. The molecule has 2 aromatic heterocycles. The maximum absolute atomic E-state index is 13.5. The van der Waals surface area contributed by atoms with Crippen molar-refractivity contribution in [3.8, 4) is 0 Å². The van der Waals surface area contributed by atoms with Crippen molar-refractivity contribution >= 4 is 39.6 Å². The number of pyridine rings is 2. The zero-order valence-corrected chi connectivity index (χ0v) is 20.0. The fourth-order valence-electron chi connectivity index (χ4n) is 4.88. The summed E-state index contributed by atoms with van der Waals surface area (Å²) in [5.41, 5.74) is 14.6. The summed E-state index contributed by atoms with van der Waals surface area (Å²) in [6.07, 6.45) is -1.65. The second-order valence-corrected chi connectivity index (χ2v) is 9.39. The fourth-order valence-corrected chi connectivity index (χ4v) is 4.88. The molecule has 2 saturated heterocycles. The van der Waals surface area contributed by atoms with Crippen molar-refractivity contribution in [3.63, 3.8) is 0 Å². The summed E-state index contributed by atoms with van der Waals surface area (Å²) in [7, 11) is 0. The number of hydrogen-bond acceptors (Lipinski definition) is 8. The molecular weight excluding hydrogens is 487 g/mol. The number of nitrogen functional groups attached to an aromatic ring is 1. The smallest absolute Gasteiger partial charge is 0.393 e. The number of morpholine rings is 1. The van der Waals surface area contributed by atoms with Gasteiger partial charge in [-0.1, -0.05) is 6.07 Å². The number of amides is 1. The summed E-state index contributed by atoms with van der Waals surface area (Å²) in [4.78, 5) is 25.5. The summed E-state index contributed by atoms with van der Waals surface area (Å²) < 4.78 is 45.8. The monoisotopic (exact) mass is 515 g/mol. The second kappa shape index (κ2) is 10.0. The lowest BCUT2D eigenvalue weighted by Crippen LogP contribution is -2.51. The minimum atomic E-state index is -4.36. The quantitative estimate of drug-likeness (QED) is 0.485. The first-order valence-corrected chi connectivity index (χ1v) is 12.0. The highest BCUT2D eigenvalue weighted by atomic mass is 19.4. The van der Waals surface area contributed by atoms with Crippen LogP contribution in [0.1, 0.15) is 16.9 Å². The molecule has 9 nitrogen and oxygen atoms in total. The average molecular weight is 516 g/mol. The first-order chi connectivity index (χ1) is 17.7. The van der Waals surface area contributed by atoms with Gasteiger partial charge in [0, 0.05) is 49.5 Å². The number of alkyl halides is 3. The molecule has 5 N–H and O–H groups in total. The highest BCUT2D eigenvalue weighted by molar-refractivity contribution is 6.09. The van der Waals surface area contributed by atoms with Gasteiger partial charge in [-0.05, 0) is 30.7 Å². The molecule has 1 aromatic carbocycles. The van der Waals surface area contributed by atoms with Gasteiger partial charge in [-0.25, -0.2) is 4.98 Å². The zero-order valence-electron chi connectivity index (χ0n) is 20.0. The third kappa shape index (κ3) is 5.39. The van der Waals surface area contributed by atoms with Crippen LogP contribution in [0.2, 0.25) is 0 Å². The predicted molar refractivity (Wildman–Crippen MR) is 136 cm³/mol. The van der Waals surface area contributed by atoms with Crippen molar-refractivity contribution < 1.29 is 22.7 Å². The molecule has 1 amide bonds. The Morgan fingerprint density at radius 1 is 1.11 bits per heavy atom. The Morgan fingerprint density at radius 3 is 2.65 bits per heavy atom. The number of fused-ring (bicyclic) bond motifs is 1. The summed E-state index contributed by atoms with van der Waals surface area (Å²) in [5, 5.41) is 3.53. The number of rotatable bonds is 4. The molecule has 37 heavy (non-hydrogen) atoms. The largest absolute Gasteiger partial charge is 0.397 e. The number of hydrogen-bond donors (Lipinski definition) is 3. The molecule has 2 aliphatic rings. The van der Waals surface area contributed by atoms with E-state index in [0.29, 0.717) is 24.4 Å². The number of nitrogens with zero attached hydrogens (tertiary/aromatic N) is 4. The molecule has 3 aromatic rings. The van der Waals surface area contributed by atoms with Crippen LogP contribution in [0.5, 0.6) is 0 Å². The number of aromatic nitrogens is 2. The minimum Gasteiger partial charge on any atom is -0.397 e. The predicted octanol–water partition coefficient (Wildman–Crippen LogP) is 3.02. The Balaban J connectivity index is 1.41. The molecule has 12 heteroatoms. The number of nitrogens with one attached hydrogen (secondary N) is 1. The van der Waals surface area contributed by atoms with Crippen molar-refractivity contribution in [2.24, 2.45) is 11.7 Å². The zero-order chi connectivity index (χ0) is 26.2. The van der Waals surface area contributed by atoms with Crippen LogP contribution in [0, 0.1) is 5.92 Å². The summed E-state index contributed by atoms with van der Waals surface area (Å²) in [6.45, 7) is 2.75. The first-order valence-electron chi connectivity index (χ1n) is 12.0. The fraction of sp³-hybridized carbons (Fsp3) is 0.400. The maximum atomic E-state index is 13.5. The summed E-state index contributed by atoms with van der Waals surface area (Å²) in [5.74, 6) is -2.15. The van der Waals surface area contributed by atoms with Crippen molar-refractivity contribution in [2.45, 2.75) is 18.6 Å². The average Bonchev–Trinajstić information content (AvgIpc) is 2.88. The van der Waals surface area contributed by atoms with E-state index in [1.54, 1.807) is 12.1 Å². The van der Waals surface area contributed by atoms with Gasteiger partial charge in [0.1, 0.15) is 0 Å². The van der Waals surface area contributed by atoms with E-state index in [9.17, 15) is 18.0 Å². The van der Waals surface area contributed by atoms with Crippen LogP contribution in [0.3, 0.4) is 0 Å². The summed E-state index contributed by atoms with van der Waals surface area (Å²) in [6, 6.07) is 8.37. The molecule has 5 rings (SSSR count). The van der Waals surface area contributed by atoms with Crippen LogP contribution in [0.25, 0.3) is 10.9 Å². The number of carbonyl (C=O) groups excluding carboxylic acids is 1. The van der Waals surface area contributed by atoms with Gasteiger partial charge in [-0.15, -0.1) is 0 Å². The van der Waals surface area contributed by atoms with E-state index in [-0.39, 0.29) is 36.6 Å². The Kier molecular flexibility index (Phi) is 6.78. The van der Waals surface area contributed by atoms with E-state index in [1.807, 2.05) is 18.2 Å². The van der Waals surface area contributed by atoms with Crippen molar-refractivity contribution in [1.29, 1.82) is 0 Å². The molecule has 0 spiro atoms. The highest BCUT2D eigenvalue weighted by Gasteiger charge is 2.44. The number of halogens is 3. The molecule has 1 unspecified atom stereocenters. The molecule has 0 radical (unpaired) electrons. The van der Waals surface area contributed by atoms with Crippen LogP contribution >= 0.6 is 0 Å². The summed E-state index contributed by atoms with van der Waals surface area (Å²) >= 11 is 0. The van der Waals surface area contributed by atoms with E-state index >= 15 is 0 Å². The Labute approximate surface area is 211 Å². The second-order valence-electron chi connectivity index (χ2n) is 9.39. The molecule has 196 valence electrons. The molecule has 4 heterocycles.